The fraction of sp³-hybridized carbons (Fsp3) is 0.667. The maximum absolute atomic E-state index is 10.3. The van der Waals surface area contributed by atoms with E-state index in [9.17, 15) is 14.4 Å². The minimum atomic E-state index is -1.31. The Kier molecular flexibility index (Phi) is 11.1. The number of carboxylic acids is 1. The molecule has 0 spiro atoms. The minimum absolute atomic E-state index is 0.566. The van der Waals surface area contributed by atoms with Crippen molar-refractivity contribution in [3.05, 3.63) is 0 Å². The third-order valence-electron chi connectivity index (χ3n) is 1.10. The molecule has 0 radical (unpaired) electrons. The van der Waals surface area contributed by atoms with Gasteiger partial charge in [-0.05, 0) is 0 Å². The number of amides is 1. The molecule has 0 heterocycles. The van der Waals surface area contributed by atoms with E-state index in [-0.39, 0.29) is 0 Å². The average Bonchev–Trinajstić information content (AvgIpc) is 2.14. The fourth-order valence-corrected chi connectivity index (χ4v) is 0.288. The Bertz CT molecular complexity index is 213. The summed E-state index contributed by atoms with van der Waals surface area (Å²) in [5.41, 5.74) is 1.70. The molecule has 0 aliphatic rings. The molecule has 0 fully saturated rings. The van der Waals surface area contributed by atoms with Crippen molar-refractivity contribution in [2.45, 2.75) is 40.0 Å². The Labute approximate surface area is 88.6 Å². The number of rotatable bonds is 3. The second-order valence-electron chi connectivity index (χ2n) is 2.70. The van der Waals surface area contributed by atoms with Crippen molar-refractivity contribution in [1.82, 2.24) is 5.48 Å². The molecule has 0 bridgehead atoms. The topological polar surface area (TPSA) is 92.7 Å². The van der Waals surface area contributed by atoms with Crippen molar-refractivity contribution >= 4 is 17.8 Å². The molecule has 15 heavy (non-hydrogen) atoms. The highest BCUT2D eigenvalue weighted by Crippen LogP contribution is 1.82. The van der Waals surface area contributed by atoms with Gasteiger partial charge in [-0.25, -0.2) is 4.79 Å². The van der Waals surface area contributed by atoms with Gasteiger partial charge in [-0.3, -0.25) is 9.59 Å². The van der Waals surface area contributed by atoms with Gasteiger partial charge in [0.15, 0.2) is 0 Å². The molecule has 0 aromatic carbocycles. The van der Waals surface area contributed by atoms with Crippen LogP contribution in [0, 0.1) is 0 Å². The Balaban J connectivity index is 0. The van der Waals surface area contributed by atoms with E-state index in [4.69, 9.17) is 5.11 Å². The first kappa shape index (κ1) is 15.9. The van der Waals surface area contributed by atoms with Gasteiger partial charge in [-0.1, -0.05) is 26.7 Å². The molecule has 0 atom stereocenters. The molecule has 2 N–H and O–H groups in total. The number of carboxylic acid groups (broad SMARTS) is 1. The Morgan fingerprint density at radius 2 is 1.67 bits per heavy atom. The summed E-state index contributed by atoms with van der Waals surface area (Å²) in [4.78, 5) is 34.3. The SMILES string of the molecule is CC(=O)NOC(=O)CC(=O)O.CCCC. The summed E-state index contributed by atoms with van der Waals surface area (Å²) in [7, 11) is 0. The summed E-state index contributed by atoms with van der Waals surface area (Å²) in [6.07, 6.45) is 1.88. The van der Waals surface area contributed by atoms with Gasteiger partial charge in [0, 0.05) is 6.92 Å². The van der Waals surface area contributed by atoms with Gasteiger partial charge in [-0.2, -0.15) is 5.48 Å². The summed E-state index contributed by atoms with van der Waals surface area (Å²) < 4.78 is 0. The van der Waals surface area contributed by atoms with Crippen LogP contribution in [0.3, 0.4) is 0 Å². The molecular weight excluding hydrogens is 202 g/mol. The maximum Gasteiger partial charge on any atom is 0.343 e. The zero-order valence-electron chi connectivity index (χ0n) is 9.20. The van der Waals surface area contributed by atoms with Crippen LogP contribution in [-0.4, -0.2) is 23.0 Å². The Morgan fingerprint density at radius 1 is 1.20 bits per heavy atom. The standard InChI is InChI=1S/C5H7NO5.C4H10/c1-3(7)6-11-5(10)2-4(8)9;1-3-4-2/h2H2,1H3,(H,6,7)(H,8,9);3-4H2,1-2H3. The highest BCUT2D eigenvalue weighted by Gasteiger charge is 2.08. The summed E-state index contributed by atoms with van der Waals surface area (Å²) in [5, 5.41) is 8.04. The van der Waals surface area contributed by atoms with Crippen LogP contribution < -0.4 is 5.48 Å². The quantitative estimate of drug-likeness (QED) is 0.542. The van der Waals surface area contributed by atoms with Crippen LogP contribution in [0.2, 0.25) is 0 Å². The summed E-state index contributed by atoms with van der Waals surface area (Å²) in [6.45, 7) is 5.49. The van der Waals surface area contributed by atoms with Crippen LogP contribution in [0.1, 0.15) is 40.0 Å². The number of nitrogens with one attached hydrogen (secondary N) is 1. The van der Waals surface area contributed by atoms with Gasteiger partial charge in [0.05, 0.1) is 0 Å². The number of unbranched alkanes of at least 4 members (excludes halogenated alkanes) is 1. The lowest BCUT2D eigenvalue weighted by molar-refractivity contribution is -0.161. The Morgan fingerprint density at radius 3 is 1.93 bits per heavy atom. The first-order valence-electron chi connectivity index (χ1n) is 4.62. The highest BCUT2D eigenvalue weighted by molar-refractivity contribution is 5.90. The van der Waals surface area contributed by atoms with Crippen LogP contribution in [0.15, 0.2) is 0 Å². The molecular formula is C9H17NO5. The summed E-state index contributed by atoms with van der Waals surface area (Å²) in [6, 6.07) is 0. The van der Waals surface area contributed by atoms with Gasteiger partial charge in [0.25, 0.3) is 0 Å². The first-order valence-corrected chi connectivity index (χ1v) is 4.62. The van der Waals surface area contributed by atoms with Crippen LogP contribution in [0.25, 0.3) is 0 Å². The summed E-state index contributed by atoms with van der Waals surface area (Å²) in [5.74, 6) is -2.88. The van der Waals surface area contributed by atoms with Crippen LogP contribution in [0.5, 0.6) is 0 Å². The monoisotopic (exact) mass is 219 g/mol. The number of carbonyl (C=O) groups is 3. The zero-order chi connectivity index (χ0) is 12.3. The maximum atomic E-state index is 10.3. The van der Waals surface area contributed by atoms with Crippen LogP contribution in [-0.2, 0) is 19.2 Å². The molecule has 0 unspecified atom stereocenters. The molecule has 0 rings (SSSR count). The second kappa shape index (κ2) is 10.5. The lowest BCUT2D eigenvalue weighted by Crippen LogP contribution is -2.25. The number of aliphatic carboxylic acids is 1. The van der Waals surface area contributed by atoms with E-state index in [0.29, 0.717) is 0 Å². The highest BCUT2D eigenvalue weighted by atomic mass is 16.7. The predicted molar refractivity (Wildman–Crippen MR) is 52.7 cm³/mol. The number of hydrogen-bond donors (Lipinski definition) is 2. The van der Waals surface area contributed by atoms with Gasteiger partial charge in [0.2, 0.25) is 5.91 Å². The lowest BCUT2D eigenvalue weighted by atomic mass is 10.4. The molecule has 0 saturated carbocycles. The third-order valence-corrected chi connectivity index (χ3v) is 1.10. The van der Waals surface area contributed by atoms with Crippen LogP contribution >= 0.6 is 0 Å². The normalized spacial score (nSPS) is 8.20. The van der Waals surface area contributed by atoms with Crippen molar-refractivity contribution in [2.24, 2.45) is 0 Å². The van der Waals surface area contributed by atoms with E-state index >= 15 is 0 Å². The minimum Gasteiger partial charge on any atom is -0.481 e. The van der Waals surface area contributed by atoms with Crippen molar-refractivity contribution in [2.75, 3.05) is 0 Å². The lowest BCUT2D eigenvalue weighted by Gasteiger charge is -1.99. The van der Waals surface area contributed by atoms with E-state index in [2.05, 4.69) is 18.7 Å². The molecule has 0 aromatic rings. The number of hydrogen-bond acceptors (Lipinski definition) is 4. The summed E-state index contributed by atoms with van der Waals surface area (Å²) >= 11 is 0. The van der Waals surface area contributed by atoms with E-state index < -0.39 is 24.3 Å². The van der Waals surface area contributed by atoms with E-state index in [0.717, 1.165) is 6.92 Å². The second-order valence-corrected chi connectivity index (χ2v) is 2.70. The molecule has 88 valence electrons. The third kappa shape index (κ3) is 19.0. The molecule has 0 aliphatic carbocycles. The van der Waals surface area contributed by atoms with E-state index in [1.165, 1.54) is 12.8 Å². The van der Waals surface area contributed by atoms with Crippen LogP contribution in [0.4, 0.5) is 0 Å². The molecule has 0 aromatic heterocycles. The zero-order valence-corrected chi connectivity index (χ0v) is 9.20. The molecule has 6 heteroatoms. The van der Waals surface area contributed by atoms with E-state index in [1.54, 1.807) is 5.48 Å². The fourth-order valence-electron chi connectivity index (χ4n) is 0.288. The smallest absolute Gasteiger partial charge is 0.343 e. The van der Waals surface area contributed by atoms with Crippen molar-refractivity contribution < 1.29 is 24.3 Å². The molecule has 6 nitrogen and oxygen atoms in total. The van der Waals surface area contributed by atoms with Gasteiger partial charge in [0.1, 0.15) is 6.42 Å². The van der Waals surface area contributed by atoms with E-state index in [1.807, 2.05) is 0 Å². The number of carbonyl (C=O) groups excluding carboxylic acids is 2. The van der Waals surface area contributed by atoms with Gasteiger partial charge in [-0.15, -0.1) is 0 Å². The number of hydroxylamine groups is 1. The first-order chi connectivity index (χ1) is 6.93. The van der Waals surface area contributed by atoms with Crippen molar-refractivity contribution in [3.63, 3.8) is 0 Å². The van der Waals surface area contributed by atoms with Crippen molar-refractivity contribution in [3.8, 4) is 0 Å². The molecule has 0 aliphatic heterocycles. The average molecular weight is 219 g/mol. The largest absolute Gasteiger partial charge is 0.481 e. The predicted octanol–water partition coefficient (Wildman–Crippen LogP) is 0.862. The molecule has 0 saturated heterocycles. The van der Waals surface area contributed by atoms with Gasteiger partial charge >= 0.3 is 11.9 Å². The van der Waals surface area contributed by atoms with Gasteiger partial charge < -0.3 is 9.94 Å². The molecule has 1 amide bonds. The Hall–Kier alpha value is -1.59. The van der Waals surface area contributed by atoms with Crippen molar-refractivity contribution in [1.29, 1.82) is 0 Å².